The molecule has 1 aromatic carbocycles. The van der Waals surface area contributed by atoms with Gasteiger partial charge in [0.15, 0.2) is 0 Å². The molecule has 0 fully saturated rings. The monoisotopic (exact) mass is 264 g/mol. The molecule has 1 aromatic rings. The lowest BCUT2D eigenvalue weighted by atomic mass is 10.1. The van der Waals surface area contributed by atoms with Crippen LogP contribution in [-0.4, -0.2) is 29.4 Å². The minimum Gasteiger partial charge on any atom is -0.478 e. The fourth-order valence-electron chi connectivity index (χ4n) is 1.50. The Morgan fingerprint density at radius 2 is 1.95 bits per heavy atom. The van der Waals surface area contributed by atoms with E-state index in [2.05, 4.69) is 10.6 Å². The average molecular weight is 264 g/mol. The maximum Gasteiger partial charge on any atom is 0.335 e. The number of hydrogen-bond donors (Lipinski definition) is 3. The number of carbonyl (C=O) groups is 3. The molecule has 0 bridgehead atoms. The molecular formula is C13H16N2O4. The minimum atomic E-state index is -1.01. The Kier molecular flexibility index (Phi) is 5.05. The normalized spacial score (nSPS) is 9.79. The number of amides is 2. The van der Waals surface area contributed by atoms with Crippen LogP contribution < -0.4 is 10.6 Å². The summed E-state index contributed by atoms with van der Waals surface area (Å²) in [4.78, 5) is 33.0. The third-order valence-electron chi connectivity index (χ3n) is 2.47. The predicted molar refractivity (Wildman–Crippen MR) is 70.1 cm³/mol. The number of aromatic carboxylic acids is 1. The average Bonchev–Trinajstić information content (AvgIpc) is 2.31. The van der Waals surface area contributed by atoms with Crippen LogP contribution in [0.5, 0.6) is 0 Å². The van der Waals surface area contributed by atoms with Crippen molar-refractivity contribution in [2.45, 2.75) is 20.3 Å². The van der Waals surface area contributed by atoms with Crippen molar-refractivity contribution in [3.05, 3.63) is 29.3 Å². The summed E-state index contributed by atoms with van der Waals surface area (Å²) >= 11 is 0. The molecule has 0 aliphatic carbocycles. The van der Waals surface area contributed by atoms with Gasteiger partial charge >= 0.3 is 5.97 Å². The van der Waals surface area contributed by atoms with Gasteiger partial charge in [-0.2, -0.15) is 0 Å². The maximum absolute atomic E-state index is 11.6. The highest BCUT2D eigenvalue weighted by Gasteiger charge is 2.08. The molecule has 0 aliphatic heterocycles. The number of anilines is 1. The van der Waals surface area contributed by atoms with E-state index in [1.165, 1.54) is 19.1 Å². The molecule has 0 spiro atoms. The third-order valence-corrected chi connectivity index (χ3v) is 2.47. The van der Waals surface area contributed by atoms with E-state index in [0.29, 0.717) is 11.3 Å². The Balaban J connectivity index is 2.59. The first-order valence-corrected chi connectivity index (χ1v) is 5.78. The molecule has 0 saturated carbocycles. The molecule has 19 heavy (non-hydrogen) atoms. The minimum absolute atomic E-state index is 0.166. The second-order valence-electron chi connectivity index (χ2n) is 4.12. The van der Waals surface area contributed by atoms with Crippen molar-refractivity contribution in [2.75, 3.05) is 11.9 Å². The van der Waals surface area contributed by atoms with Gasteiger partial charge in [0.1, 0.15) is 0 Å². The van der Waals surface area contributed by atoms with Crippen molar-refractivity contribution in [3.63, 3.8) is 0 Å². The molecule has 2 amide bonds. The summed E-state index contributed by atoms with van der Waals surface area (Å²) in [5.74, 6) is -1.43. The van der Waals surface area contributed by atoms with Gasteiger partial charge in [0, 0.05) is 25.6 Å². The number of carbonyl (C=O) groups excluding carboxylic acids is 2. The zero-order valence-corrected chi connectivity index (χ0v) is 10.8. The van der Waals surface area contributed by atoms with Crippen LogP contribution in [0.4, 0.5) is 5.69 Å². The second-order valence-corrected chi connectivity index (χ2v) is 4.12. The number of aryl methyl sites for hydroxylation is 1. The van der Waals surface area contributed by atoms with Gasteiger partial charge in [0.2, 0.25) is 11.8 Å². The molecular weight excluding hydrogens is 248 g/mol. The van der Waals surface area contributed by atoms with Crippen LogP contribution in [0, 0.1) is 6.92 Å². The molecule has 0 heterocycles. The highest BCUT2D eigenvalue weighted by Crippen LogP contribution is 2.16. The van der Waals surface area contributed by atoms with Gasteiger partial charge in [-0.25, -0.2) is 4.79 Å². The largest absolute Gasteiger partial charge is 0.478 e. The number of nitrogens with one attached hydrogen (secondary N) is 2. The molecule has 0 atom stereocenters. The van der Waals surface area contributed by atoms with E-state index in [1.807, 2.05) is 0 Å². The first kappa shape index (κ1) is 14.7. The maximum atomic E-state index is 11.6. The second kappa shape index (κ2) is 6.53. The van der Waals surface area contributed by atoms with Crippen LogP contribution in [-0.2, 0) is 9.59 Å². The number of rotatable bonds is 5. The molecule has 6 heteroatoms. The number of carboxylic acids is 1. The molecule has 0 aliphatic rings. The molecule has 102 valence electrons. The smallest absolute Gasteiger partial charge is 0.335 e. The van der Waals surface area contributed by atoms with Crippen molar-refractivity contribution in [1.82, 2.24) is 5.32 Å². The first-order valence-electron chi connectivity index (χ1n) is 5.78. The third kappa shape index (κ3) is 4.79. The molecule has 0 radical (unpaired) electrons. The zero-order valence-electron chi connectivity index (χ0n) is 10.8. The van der Waals surface area contributed by atoms with Gasteiger partial charge in [-0.1, -0.05) is 0 Å². The number of carboxylic acid groups (broad SMARTS) is 1. The Bertz CT molecular complexity index is 511. The summed E-state index contributed by atoms with van der Waals surface area (Å²) in [7, 11) is 0. The van der Waals surface area contributed by atoms with Crippen LogP contribution >= 0.6 is 0 Å². The van der Waals surface area contributed by atoms with Crippen LogP contribution in [0.25, 0.3) is 0 Å². The van der Waals surface area contributed by atoms with E-state index in [0.717, 1.165) is 0 Å². The van der Waals surface area contributed by atoms with Gasteiger partial charge < -0.3 is 15.7 Å². The van der Waals surface area contributed by atoms with E-state index in [-0.39, 0.29) is 30.3 Å². The first-order chi connectivity index (χ1) is 8.90. The van der Waals surface area contributed by atoms with Crippen molar-refractivity contribution in [3.8, 4) is 0 Å². The number of hydrogen-bond acceptors (Lipinski definition) is 3. The van der Waals surface area contributed by atoms with Crippen molar-refractivity contribution in [2.24, 2.45) is 0 Å². The van der Waals surface area contributed by atoms with E-state index >= 15 is 0 Å². The Morgan fingerprint density at radius 1 is 1.26 bits per heavy atom. The highest BCUT2D eigenvalue weighted by molar-refractivity contribution is 5.93. The SMILES string of the molecule is CC(=O)NCCC(=O)Nc1ccc(C(=O)O)cc1C. The molecule has 3 N–H and O–H groups in total. The Labute approximate surface area is 110 Å². The summed E-state index contributed by atoms with van der Waals surface area (Å²) in [6.45, 7) is 3.37. The molecule has 0 aromatic heterocycles. The lowest BCUT2D eigenvalue weighted by Crippen LogP contribution is -2.25. The summed E-state index contributed by atoms with van der Waals surface area (Å²) in [6, 6.07) is 4.47. The van der Waals surface area contributed by atoms with Crippen LogP contribution in [0.1, 0.15) is 29.3 Å². The van der Waals surface area contributed by atoms with Crippen LogP contribution in [0.3, 0.4) is 0 Å². The number of benzene rings is 1. The van der Waals surface area contributed by atoms with Gasteiger partial charge in [-0.3, -0.25) is 9.59 Å². The Hall–Kier alpha value is -2.37. The van der Waals surface area contributed by atoms with Crippen LogP contribution in [0.2, 0.25) is 0 Å². The van der Waals surface area contributed by atoms with Crippen molar-refractivity contribution >= 4 is 23.5 Å². The van der Waals surface area contributed by atoms with E-state index in [4.69, 9.17) is 5.11 Å². The van der Waals surface area contributed by atoms with Gasteiger partial charge in [0.05, 0.1) is 5.56 Å². The molecule has 6 nitrogen and oxygen atoms in total. The van der Waals surface area contributed by atoms with Gasteiger partial charge in [-0.05, 0) is 30.7 Å². The summed E-state index contributed by atoms with van der Waals surface area (Å²) < 4.78 is 0. The van der Waals surface area contributed by atoms with Crippen molar-refractivity contribution in [1.29, 1.82) is 0 Å². The summed E-state index contributed by atoms with van der Waals surface area (Å²) in [6.07, 6.45) is 0.166. The fraction of sp³-hybridized carbons (Fsp3) is 0.308. The van der Waals surface area contributed by atoms with E-state index in [1.54, 1.807) is 13.0 Å². The van der Waals surface area contributed by atoms with E-state index < -0.39 is 5.97 Å². The van der Waals surface area contributed by atoms with Gasteiger partial charge in [0.25, 0.3) is 0 Å². The van der Waals surface area contributed by atoms with Gasteiger partial charge in [-0.15, -0.1) is 0 Å². The summed E-state index contributed by atoms with van der Waals surface area (Å²) in [5.41, 5.74) is 1.42. The van der Waals surface area contributed by atoms with E-state index in [9.17, 15) is 14.4 Å². The molecule has 0 saturated heterocycles. The summed E-state index contributed by atoms with van der Waals surface area (Å²) in [5, 5.41) is 14.0. The fourth-order valence-corrected chi connectivity index (χ4v) is 1.50. The predicted octanol–water partition coefficient (Wildman–Crippen LogP) is 1.16. The molecule has 1 rings (SSSR count). The quantitative estimate of drug-likeness (QED) is 0.743. The highest BCUT2D eigenvalue weighted by atomic mass is 16.4. The topological polar surface area (TPSA) is 95.5 Å². The van der Waals surface area contributed by atoms with Crippen LogP contribution in [0.15, 0.2) is 18.2 Å². The lowest BCUT2D eigenvalue weighted by molar-refractivity contribution is -0.119. The Morgan fingerprint density at radius 3 is 2.47 bits per heavy atom. The molecule has 0 unspecified atom stereocenters. The standard InChI is InChI=1S/C13H16N2O4/c1-8-7-10(13(18)19)3-4-11(8)15-12(17)5-6-14-9(2)16/h3-4,7H,5-6H2,1-2H3,(H,14,16)(H,15,17)(H,18,19). The zero-order chi connectivity index (χ0) is 14.4. The lowest BCUT2D eigenvalue weighted by Gasteiger charge is -2.09. The van der Waals surface area contributed by atoms with Crippen molar-refractivity contribution < 1.29 is 19.5 Å².